The number of rotatable bonds is 8. The summed E-state index contributed by atoms with van der Waals surface area (Å²) in [7, 11) is 3.21. The number of aromatic amines is 1. The highest BCUT2D eigenvalue weighted by atomic mass is 16.5. The van der Waals surface area contributed by atoms with E-state index in [4.69, 9.17) is 4.74 Å². The molecule has 9 nitrogen and oxygen atoms in total. The van der Waals surface area contributed by atoms with E-state index < -0.39 is 18.0 Å². The van der Waals surface area contributed by atoms with Crippen molar-refractivity contribution in [1.29, 1.82) is 5.26 Å². The van der Waals surface area contributed by atoms with E-state index >= 15 is 0 Å². The topological polar surface area (TPSA) is 119 Å². The number of nitrogens with one attached hydrogen (secondary N) is 2. The average Bonchev–Trinajstić information content (AvgIpc) is 3.47. The van der Waals surface area contributed by atoms with Gasteiger partial charge in [-0.25, -0.2) is 0 Å². The van der Waals surface area contributed by atoms with E-state index in [-0.39, 0.29) is 30.7 Å². The number of carbonyl (C=O) groups is 3. The van der Waals surface area contributed by atoms with Crippen LogP contribution in [-0.4, -0.2) is 65.3 Å². The molecule has 2 fully saturated rings. The largest absolute Gasteiger partial charge is 0.496 e. The normalized spacial score (nSPS) is 19.6. The van der Waals surface area contributed by atoms with Gasteiger partial charge in [-0.15, -0.1) is 0 Å². The maximum absolute atomic E-state index is 13.9. The van der Waals surface area contributed by atoms with Crippen LogP contribution in [0.1, 0.15) is 36.2 Å². The Bertz CT molecular complexity index is 1390. The quantitative estimate of drug-likeness (QED) is 0.475. The van der Waals surface area contributed by atoms with Crippen LogP contribution in [0.2, 0.25) is 0 Å². The molecule has 2 N–H and O–H groups in total. The van der Waals surface area contributed by atoms with Crippen molar-refractivity contribution in [2.45, 2.75) is 37.8 Å². The number of fused-ring (bicyclic) bond motifs is 1. The molecule has 0 radical (unpaired) electrons. The van der Waals surface area contributed by atoms with Crippen molar-refractivity contribution in [3.63, 3.8) is 0 Å². The van der Waals surface area contributed by atoms with Gasteiger partial charge in [-0.2, -0.15) is 5.26 Å². The van der Waals surface area contributed by atoms with Gasteiger partial charge in [0.05, 0.1) is 19.1 Å². The van der Waals surface area contributed by atoms with Crippen molar-refractivity contribution in [2.75, 3.05) is 26.0 Å². The number of para-hydroxylation sites is 1. The van der Waals surface area contributed by atoms with Gasteiger partial charge in [0.1, 0.15) is 23.5 Å². The fourth-order valence-electron chi connectivity index (χ4n) is 5.20. The van der Waals surface area contributed by atoms with E-state index in [0.717, 1.165) is 23.7 Å². The second-order valence-corrected chi connectivity index (χ2v) is 10.1. The van der Waals surface area contributed by atoms with Crippen LogP contribution in [0.15, 0.2) is 54.6 Å². The number of likely N-dealkylation sites (tertiary alicyclic amines) is 1. The predicted molar refractivity (Wildman–Crippen MR) is 142 cm³/mol. The van der Waals surface area contributed by atoms with Crippen molar-refractivity contribution < 1.29 is 19.1 Å². The smallest absolute Gasteiger partial charge is 0.270 e. The summed E-state index contributed by atoms with van der Waals surface area (Å²) in [6.45, 7) is 0.141. The Hall–Kier alpha value is -4.32. The first kappa shape index (κ1) is 25.3. The third-order valence-corrected chi connectivity index (χ3v) is 7.55. The number of nitriles is 1. The zero-order chi connectivity index (χ0) is 26.8. The minimum Gasteiger partial charge on any atom is -0.496 e. The third kappa shape index (κ3) is 5.07. The highest BCUT2D eigenvalue weighted by molar-refractivity contribution is 6.01. The van der Waals surface area contributed by atoms with E-state index in [2.05, 4.69) is 16.4 Å². The molecule has 0 spiro atoms. The van der Waals surface area contributed by atoms with Gasteiger partial charge in [0.15, 0.2) is 0 Å². The molecule has 1 aliphatic heterocycles. The van der Waals surface area contributed by atoms with E-state index in [1.54, 1.807) is 32.4 Å². The number of ether oxygens (including phenoxy) is 1. The molecule has 3 aromatic rings. The molecule has 1 saturated carbocycles. The molecule has 3 unspecified atom stereocenters. The SMILES string of the molecule is COc1cccc2[nH]c(C(=O)N(C)C(CC3CC3)C(=O)N3CC(C(=O)Nc4ccccc4)CC3C#N)cc12. The van der Waals surface area contributed by atoms with Gasteiger partial charge in [0.25, 0.3) is 5.91 Å². The van der Waals surface area contributed by atoms with Crippen LogP contribution in [0.4, 0.5) is 5.69 Å². The predicted octanol–water partition coefficient (Wildman–Crippen LogP) is 3.80. The number of aromatic nitrogens is 1. The third-order valence-electron chi connectivity index (χ3n) is 7.55. The second-order valence-electron chi connectivity index (χ2n) is 10.1. The number of likely N-dealkylation sites (N-methyl/N-ethyl adjacent to an activating group) is 1. The van der Waals surface area contributed by atoms with Gasteiger partial charge in [-0.3, -0.25) is 14.4 Å². The molecule has 196 valence electrons. The van der Waals surface area contributed by atoms with Crippen molar-refractivity contribution in [3.05, 3.63) is 60.3 Å². The van der Waals surface area contributed by atoms with Crippen LogP contribution in [0.25, 0.3) is 10.9 Å². The van der Waals surface area contributed by atoms with Crippen LogP contribution >= 0.6 is 0 Å². The average molecular weight is 514 g/mol. The number of H-pyrrole nitrogens is 1. The highest BCUT2D eigenvalue weighted by Gasteiger charge is 2.44. The molecule has 2 aliphatic rings. The number of nitrogens with zero attached hydrogens (tertiary/aromatic N) is 3. The first-order valence-corrected chi connectivity index (χ1v) is 12.9. The number of amides is 3. The zero-order valence-corrected chi connectivity index (χ0v) is 21.5. The van der Waals surface area contributed by atoms with Crippen LogP contribution in [-0.2, 0) is 9.59 Å². The van der Waals surface area contributed by atoms with Crippen LogP contribution < -0.4 is 10.1 Å². The molecule has 1 aromatic heterocycles. The van der Waals surface area contributed by atoms with Crippen LogP contribution in [0.3, 0.4) is 0 Å². The maximum atomic E-state index is 13.9. The molecule has 3 atom stereocenters. The fraction of sp³-hybridized carbons (Fsp3) is 0.379. The number of methoxy groups -OCH3 is 1. The maximum Gasteiger partial charge on any atom is 0.270 e. The monoisotopic (exact) mass is 513 g/mol. The number of anilines is 1. The van der Waals surface area contributed by atoms with Gasteiger partial charge >= 0.3 is 0 Å². The summed E-state index contributed by atoms with van der Waals surface area (Å²) in [5.41, 5.74) is 1.80. The van der Waals surface area contributed by atoms with Crippen molar-refractivity contribution in [2.24, 2.45) is 11.8 Å². The summed E-state index contributed by atoms with van der Waals surface area (Å²) in [5.74, 6) is -0.312. The van der Waals surface area contributed by atoms with E-state index in [1.807, 2.05) is 36.4 Å². The summed E-state index contributed by atoms with van der Waals surface area (Å²) >= 11 is 0. The molecule has 9 heteroatoms. The summed E-state index contributed by atoms with van der Waals surface area (Å²) in [6, 6.07) is 17.1. The Morgan fingerprint density at radius 1 is 1.18 bits per heavy atom. The first-order valence-electron chi connectivity index (χ1n) is 12.9. The Kier molecular flexibility index (Phi) is 7.05. The van der Waals surface area contributed by atoms with Crippen molar-refractivity contribution in [1.82, 2.24) is 14.8 Å². The van der Waals surface area contributed by atoms with Gasteiger partial charge in [0, 0.05) is 30.2 Å². The van der Waals surface area contributed by atoms with Crippen LogP contribution in [0.5, 0.6) is 5.75 Å². The fourth-order valence-corrected chi connectivity index (χ4v) is 5.20. The molecule has 1 aliphatic carbocycles. The Morgan fingerprint density at radius 3 is 2.63 bits per heavy atom. The number of hydrogen-bond acceptors (Lipinski definition) is 5. The second kappa shape index (κ2) is 10.6. The standard InChI is InChI=1S/C29H31N5O4/c1-33(28(36)24-15-22-23(32-24)9-6-10-26(22)38-2)25(13-18-11-12-18)29(37)34-17-19(14-21(34)16-30)27(35)31-20-7-4-3-5-8-20/h3-10,15,18-19,21,25,32H,11-14,17H2,1-2H3,(H,31,35). The minimum absolute atomic E-state index is 0.141. The van der Waals surface area contributed by atoms with Crippen molar-refractivity contribution in [3.8, 4) is 11.8 Å². The van der Waals surface area contributed by atoms with Gasteiger partial charge < -0.3 is 24.8 Å². The highest BCUT2D eigenvalue weighted by Crippen LogP contribution is 2.36. The summed E-state index contributed by atoms with van der Waals surface area (Å²) in [4.78, 5) is 46.5. The van der Waals surface area contributed by atoms with Crippen LogP contribution in [0, 0.1) is 23.2 Å². The lowest BCUT2D eigenvalue weighted by Crippen LogP contribution is -2.51. The lowest BCUT2D eigenvalue weighted by Gasteiger charge is -2.32. The summed E-state index contributed by atoms with van der Waals surface area (Å²) < 4.78 is 5.42. The molecular formula is C29H31N5O4. The molecule has 38 heavy (non-hydrogen) atoms. The number of carbonyl (C=O) groups excluding carboxylic acids is 3. The summed E-state index contributed by atoms with van der Waals surface area (Å²) in [6.07, 6.45) is 2.81. The Labute approximate surface area is 221 Å². The van der Waals surface area contributed by atoms with Crippen molar-refractivity contribution >= 4 is 34.3 Å². The zero-order valence-electron chi connectivity index (χ0n) is 21.5. The molecular weight excluding hydrogens is 482 g/mol. The lowest BCUT2D eigenvalue weighted by atomic mass is 10.1. The van der Waals surface area contributed by atoms with E-state index in [9.17, 15) is 19.6 Å². The summed E-state index contributed by atoms with van der Waals surface area (Å²) in [5, 5.41) is 13.5. The molecule has 2 heterocycles. The first-order chi connectivity index (χ1) is 18.4. The van der Waals surface area contributed by atoms with E-state index in [0.29, 0.717) is 29.5 Å². The van der Waals surface area contributed by atoms with Gasteiger partial charge in [-0.1, -0.05) is 37.1 Å². The lowest BCUT2D eigenvalue weighted by molar-refractivity contribution is -0.136. The molecule has 0 bridgehead atoms. The molecule has 2 aromatic carbocycles. The molecule has 5 rings (SSSR count). The van der Waals surface area contributed by atoms with Gasteiger partial charge in [0.2, 0.25) is 11.8 Å². The number of benzene rings is 2. The van der Waals surface area contributed by atoms with Gasteiger partial charge in [-0.05, 0) is 49.1 Å². The molecule has 1 saturated heterocycles. The Balaban J connectivity index is 1.35. The molecule has 3 amide bonds. The Morgan fingerprint density at radius 2 is 1.95 bits per heavy atom. The van der Waals surface area contributed by atoms with E-state index in [1.165, 1.54) is 9.80 Å². The minimum atomic E-state index is -0.727. The number of hydrogen-bond donors (Lipinski definition) is 2.